The molecule has 0 bridgehead atoms. The summed E-state index contributed by atoms with van der Waals surface area (Å²) in [5.74, 6) is -1.97. The van der Waals surface area contributed by atoms with Crippen LogP contribution in [0.5, 0.6) is 0 Å². The molecule has 2 N–H and O–H groups in total. The summed E-state index contributed by atoms with van der Waals surface area (Å²) < 4.78 is 23.9. The highest BCUT2D eigenvalue weighted by Gasteiger charge is 2.29. The summed E-state index contributed by atoms with van der Waals surface area (Å²) in [7, 11) is 2.42. The number of halogens is 1. The highest BCUT2D eigenvalue weighted by Crippen LogP contribution is 2.35. The zero-order valence-corrected chi connectivity index (χ0v) is 16.9. The largest absolute Gasteiger partial charge is 0.465 e. The molecule has 7 nitrogen and oxygen atoms in total. The van der Waals surface area contributed by atoms with Gasteiger partial charge in [0, 0.05) is 12.2 Å². The van der Waals surface area contributed by atoms with Crippen LogP contribution in [0.3, 0.4) is 0 Å². The van der Waals surface area contributed by atoms with E-state index in [0.29, 0.717) is 24.2 Å². The van der Waals surface area contributed by atoms with Crippen LogP contribution in [-0.4, -0.2) is 43.4 Å². The van der Waals surface area contributed by atoms with Gasteiger partial charge in [-0.3, -0.25) is 0 Å². The molecule has 0 aromatic heterocycles. The van der Waals surface area contributed by atoms with Gasteiger partial charge in [-0.05, 0) is 56.0 Å². The van der Waals surface area contributed by atoms with E-state index in [9.17, 15) is 19.1 Å². The standard InChI is InChI=1S/C22H25FN2O5/c1-29-21(27)17-5-3-4-12-25(20(17)22(28)30-2)19-13-14(23)6-11-18(19)24-15-7-9-16(26)10-8-15/h3-6,11-13,15-16,24,26H,7-10H2,1-2H3. The van der Waals surface area contributed by atoms with Gasteiger partial charge in [-0.1, -0.05) is 6.08 Å². The number of esters is 2. The summed E-state index contributed by atoms with van der Waals surface area (Å²) in [6, 6.07) is 4.30. The molecule has 3 rings (SSSR count). The monoisotopic (exact) mass is 416 g/mol. The highest BCUT2D eigenvalue weighted by atomic mass is 19.1. The Bertz CT molecular complexity index is 901. The van der Waals surface area contributed by atoms with Crippen LogP contribution < -0.4 is 10.2 Å². The van der Waals surface area contributed by atoms with E-state index >= 15 is 0 Å². The fraction of sp³-hybridized carbons (Fsp3) is 0.364. The van der Waals surface area contributed by atoms with Gasteiger partial charge in [0.1, 0.15) is 11.5 Å². The van der Waals surface area contributed by atoms with E-state index < -0.39 is 17.8 Å². The maximum atomic E-state index is 14.2. The quantitative estimate of drug-likeness (QED) is 0.714. The fourth-order valence-corrected chi connectivity index (χ4v) is 3.62. The number of nitrogens with zero attached hydrogens (tertiary/aromatic N) is 1. The minimum absolute atomic E-state index is 0.00894. The predicted octanol–water partition coefficient (Wildman–Crippen LogP) is 3.03. The zero-order chi connectivity index (χ0) is 21.7. The number of anilines is 2. The second kappa shape index (κ2) is 9.58. The van der Waals surface area contributed by atoms with Crippen molar-refractivity contribution in [3.63, 3.8) is 0 Å². The first-order valence-electron chi connectivity index (χ1n) is 9.73. The summed E-state index contributed by atoms with van der Waals surface area (Å²) >= 11 is 0. The lowest BCUT2D eigenvalue weighted by Crippen LogP contribution is -2.30. The van der Waals surface area contributed by atoms with Crippen LogP contribution in [0.1, 0.15) is 25.7 Å². The van der Waals surface area contributed by atoms with Crippen molar-refractivity contribution >= 4 is 23.3 Å². The second-order valence-corrected chi connectivity index (χ2v) is 7.13. The van der Waals surface area contributed by atoms with Gasteiger partial charge in [0.05, 0.1) is 37.3 Å². The number of nitrogens with one attached hydrogen (secondary N) is 1. The van der Waals surface area contributed by atoms with Crippen molar-refractivity contribution in [3.8, 4) is 0 Å². The molecule has 30 heavy (non-hydrogen) atoms. The molecule has 1 aromatic rings. The number of hydrogen-bond acceptors (Lipinski definition) is 7. The van der Waals surface area contributed by atoms with Crippen LogP contribution in [0.25, 0.3) is 0 Å². The zero-order valence-electron chi connectivity index (χ0n) is 16.9. The number of methoxy groups -OCH3 is 2. The Morgan fingerprint density at radius 1 is 1.10 bits per heavy atom. The third-order valence-electron chi connectivity index (χ3n) is 5.16. The molecule has 0 unspecified atom stereocenters. The lowest BCUT2D eigenvalue weighted by atomic mass is 9.93. The molecule has 160 valence electrons. The van der Waals surface area contributed by atoms with Crippen molar-refractivity contribution in [3.05, 3.63) is 59.7 Å². The van der Waals surface area contributed by atoms with Crippen LogP contribution in [0.2, 0.25) is 0 Å². The van der Waals surface area contributed by atoms with Crippen molar-refractivity contribution in [2.75, 3.05) is 24.4 Å². The Hall–Kier alpha value is -3.13. The number of ether oxygens (including phenoxy) is 2. The van der Waals surface area contributed by atoms with E-state index in [2.05, 4.69) is 5.32 Å². The molecule has 1 saturated carbocycles. The third-order valence-corrected chi connectivity index (χ3v) is 5.16. The molecule has 1 aliphatic heterocycles. The van der Waals surface area contributed by atoms with E-state index in [1.165, 1.54) is 37.3 Å². The van der Waals surface area contributed by atoms with Crippen LogP contribution in [0.4, 0.5) is 15.8 Å². The van der Waals surface area contributed by atoms with Crippen molar-refractivity contribution in [2.24, 2.45) is 0 Å². The van der Waals surface area contributed by atoms with Gasteiger partial charge < -0.3 is 24.8 Å². The average molecular weight is 416 g/mol. The first-order valence-corrected chi connectivity index (χ1v) is 9.73. The van der Waals surface area contributed by atoms with E-state index in [4.69, 9.17) is 9.47 Å². The van der Waals surface area contributed by atoms with Gasteiger partial charge in [0.15, 0.2) is 0 Å². The molecule has 1 aliphatic carbocycles. The first-order chi connectivity index (χ1) is 14.4. The summed E-state index contributed by atoms with van der Waals surface area (Å²) in [5, 5.41) is 13.1. The summed E-state index contributed by atoms with van der Waals surface area (Å²) in [6.07, 6.45) is 8.82. The maximum absolute atomic E-state index is 14.2. The van der Waals surface area contributed by atoms with E-state index in [1.807, 2.05) is 0 Å². The fourth-order valence-electron chi connectivity index (χ4n) is 3.62. The Morgan fingerprint density at radius 3 is 2.47 bits per heavy atom. The number of aliphatic hydroxyl groups excluding tert-OH is 1. The average Bonchev–Trinajstić information content (AvgIpc) is 2.98. The van der Waals surface area contributed by atoms with Crippen molar-refractivity contribution < 1.29 is 28.6 Å². The summed E-state index contributed by atoms with van der Waals surface area (Å²) in [6.45, 7) is 0. The number of benzene rings is 1. The molecule has 1 fully saturated rings. The third kappa shape index (κ3) is 4.71. The Balaban J connectivity index is 2.06. The highest BCUT2D eigenvalue weighted by molar-refractivity contribution is 6.06. The molecule has 1 heterocycles. The molecule has 0 amide bonds. The Morgan fingerprint density at radius 2 is 1.80 bits per heavy atom. The number of rotatable bonds is 5. The van der Waals surface area contributed by atoms with Gasteiger partial charge in [-0.25, -0.2) is 14.0 Å². The van der Waals surface area contributed by atoms with Crippen molar-refractivity contribution in [1.82, 2.24) is 0 Å². The lowest BCUT2D eigenvalue weighted by molar-refractivity contribution is -0.139. The molecule has 0 radical (unpaired) electrons. The molecular formula is C22H25FN2O5. The lowest BCUT2D eigenvalue weighted by Gasteiger charge is -2.30. The molecule has 0 saturated heterocycles. The van der Waals surface area contributed by atoms with Gasteiger partial charge in [0.2, 0.25) is 0 Å². The molecule has 0 atom stereocenters. The smallest absolute Gasteiger partial charge is 0.355 e. The van der Waals surface area contributed by atoms with Crippen molar-refractivity contribution in [2.45, 2.75) is 37.8 Å². The topological polar surface area (TPSA) is 88.1 Å². The van der Waals surface area contributed by atoms with E-state index in [0.717, 1.165) is 12.8 Å². The second-order valence-electron chi connectivity index (χ2n) is 7.13. The number of allylic oxidation sites excluding steroid dienone is 2. The van der Waals surface area contributed by atoms with Crippen LogP contribution in [0, 0.1) is 5.82 Å². The molecule has 2 aliphatic rings. The van der Waals surface area contributed by atoms with Crippen molar-refractivity contribution in [1.29, 1.82) is 0 Å². The Labute approximate surface area is 174 Å². The molecule has 1 aromatic carbocycles. The predicted molar refractivity (Wildman–Crippen MR) is 110 cm³/mol. The van der Waals surface area contributed by atoms with Crippen LogP contribution in [0.15, 0.2) is 53.9 Å². The normalized spacial score (nSPS) is 21.3. The molecule has 0 spiro atoms. The van der Waals surface area contributed by atoms with Gasteiger partial charge in [0.25, 0.3) is 0 Å². The number of aliphatic hydroxyl groups is 1. The van der Waals surface area contributed by atoms with E-state index in [-0.39, 0.29) is 23.4 Å². The SMILES string of the molecule is COC(=O)C1=C(C(=O)OC)N(c2cc(F)ccc2NC2CCC(O)CC2)C=CC=C1. The summed E-state index contributed by atoms with van der Waals surface area (Å²) in [5.41, 5.74) is 0.852. The minimum Gasteiger partial charge on any atom is -0.465 e. The van der Waals surface area contributed by atoms with E-state index in [1.54, 1.807) is 24.4 Å². The van der Waals surface area contributed by atoms with Crippen LogP contribution in [-0.2, 0) is 19.1 Å². The van der Waals surface area contributed by atoms with Gasteiger partial charge >= 0.3 is 11.9 Å². The van der Waals surface area contributed by atoms with Gasteiger partial charge in [-0.15, -0.1) is 0 Å². The molecular weight excluding hydrogens is 391 g/mol. The Kier molecular flexibility index (Phi) is 6.89. The summed E-state index contributed by atoms with van der Waals surface area (Å²) in [4.78, 5) is 26.4. The van der Waals surface area contributed by atoms with Crippen LogP contribution >= 0.6 is 0 Å². The van der Waals surface area contributed by atoms with Gasteiger partial charge in [-0.2, -0.15) is 0 Å². The number of carbonyl (C=O) groups is 2. The molecule has 8 heteroatoms. The maximum Gasteiger partial charge on any atom is 0.355 e. The number of carbonyl (C=O) groups excluding carboxylic acids is 2. The minimum atomic E-state index is -0.761. The number of hydrogen-bond donors (Lipinski definition) is 2. The first kappa shape index (κ1) is 21.6.